The highest BCUT2D eigenvalue weighted by Crippen LogP contribution is 2.29. The average molecular weight is 388 g/mol. The van der Waals surface area contributed by atoms with Crippen LogP contribution in [0.25, 0.3) is 16.6 Å². The molecule has 0 unspecified atom stereocenters. The molecule has 0 saturated carbocycles. The van der Waals surface area contributed by atoms with Crippen molar-refractivity contribution in [1.82, 2.24) is 29.7 Å². The van der Waals surface area contributed by atoms with Crippen LogP contribution in [0.2, 0.25) is 0 Å². The molecule has 0 atom stereocenters. The van der Waals surface area contributed by atoms with Crippen molar-refractivity contribution < 1.29 is 5.11 Å². The van der Waals surface area contributed by atoms with Crippen LogP contribution in [0.1, 0.15) is 17.7 Å². The van der Waals surface area contributed by atoms with Crippen LogP contribution < -0.4 is 10.6 Å². The molecule has 5 rings (SSSR count). The Morgan fingerprint density at radius 3 is 2.83 bits per heavy atom. The van der Waals surface area contributed by atoms with Crippen molar-refractivity contribution in [3.63, 3.8) is 0 Å². The first-order chi connectivity index (χ1) is 14.3. The number of aliphatic hydroxyl groups is 1. The molecular formula is C20H20N8O. The van der Waals surface area contributed by atoms with Gasteiger partial charge in [0, 0.05) is 42.2 Å². The summed E-state index contributed by atoms with van der Waals surface area (Å²) in [6.45, 7) is 0.462. The maximum atomic E-state index is 8.95. The first-order valence-corrected chi connectivity index (χ1v) is 9.56. The van der Waals surface area contributed by atoms with Crippen molar-refractivity contribution in [3.8, 4) is 5.69 Å². The smallest absolute Gasteiger partial charge is 0.137 e. The molecule has 9 nitrogen and oxygen atoms in total. The molecule has 0 radical (unpaired) electrons. The van der Waals surface area contributed by atoms with Crippen LogP contribution in [-0.2, 0) is 12.8 Å². The summed E-state index contributed by atoms with van der Waals surface area (Å²) in [5.74, 6) is 1.91. The van der Waals surface area contributed by atoms with E-state index in [1.165, 1.54) is 17.6 Å². The first-order valence-electron chi connectivity index (χ1n) is 9.56. The highest BCUT2D eigenvalue weighted by atomic mass is 16.3. The number of aromatic nitrogens is 6. The lowest BCUT2D eigenvalue weighted by Gasteiger charge is -2.10. The summed E-state index contributed by atoms with van der Waals surface area (Å²) >= 11 is 0. The number of aliphatic hydroxyl groups excluding tert-OH is 1. The predicted molar refractivity (Wildman–Crippen MR) is 110 cm³/mol. The fourth-order valence-corrected chi connectivity index (χ4v) is 3.66. The van der Waals surface area contributed by atoms with Crippen molar-refractivity contribution >= 4 is 28.4 Å². The molecule has 0 aromatic carbocycles. The molecule has 0 saturated heterocycles. The molecule has 4 aromatic heterocycles. The van der Waals surface area contributed by atoms with Gasteiger partial charge in [-0.05, 0) is 30.9 Å². The lowest BCUT2D eigenvalue weighted by molar-refractivity contribution is 0.311. The van der Waals surface area contributed by atoms with E-state index in [1.54, 1.807) is 12.3 Å². The molecule has 9 heteroatoms. The quantitative estimate of drug-likeness (QED) is 0.461. The molecule has 0 fully saturated rings. The van der Waals surface area contributed by atoms with Crippen LogP contribution in [-0.4, -0.2) is 48.0 Å². The van der Waals surface area contributed by atoms with E-state index in [-0.39, 0.29) is 6.61 Å². The number of nitrogens with one attached hydrogen (secondary N) is 2. The second-order valence-corrected chi connectivity index (χ2v) is 6.86. The fraction of sp³-hybridized carbons (Fsp3) is 0.250. The Hall–Kier alpha value is -3.59. The Kier molecular flexibility index (Phi) is 4.49. The van der Waals surface area contributed by atoms with Gasteiger partial charge in [-0.3, -0.25) is 4.98 Å². The van der Waals surface area contributed by atoms with E-state index < -0.39 is 0 Å². The second kappa shape index (κ2) is 7.44. The fourth-order valence-electron chi connectivity index (χ4n) is 3.66. The Morgan fingerprint density at radius 2 is 1.90 bits per heavy atom. The number of hydrogen-bond acceptors (Lipinski definition) is 8. The minimum absolute atomic E-state index is 0.0354. The first kappa shape index (κ1) is 17.5. The Morgan fingerprint density at radius 1 is 1.00 bits per heavy atom. The Bertz CT molecular complexity index is 1170. The number of fused-ring (bicyclic) bond motifs is 2. The van der Waals surface area contributed by atoms with Gasteiger partial charge in [0.1, 0.15) is 23.8 Å². The van der Waals surface area contributed by atoms with Crippen LogP contribution in [0.3, 0.4) is 0 Å². The molecular weight excluding hydrogens is 368 g/mol. The zero-order valence-electron chi connectivity index (χ0n) is 15.7. The van der Waals surface area contributed by atoms with Gasteiger partial charge in [0.2, 0.25) is 0 Å². The second-order valence-electron chi connectivity index (χ2n) is 6.86. The molecule has 1 aliphatic carbocycles. The van der Waals surface area contributed by atoms with Gasteiger partial charge in [-0.15, -0.1) is 0 Å². The van der Waals surface area contributed by atoms with Gasteiger partial charge in [-0.2, -0.15) is 5.10 Å². The van der Waals surface area contributed by atoms with Gasteiger partial charge in [0.05, 0.1) is 24.0 Å². The van der Waals surface area contributed by atoms with Crippen molar-refractivity contribution in [2.75, 3.05) is 23.8 Å². The van der Waals surface area contributed by atoms with Gasteiger partial charge in [0.15, 0.2) is 0 Å². The summed E-state index contributed by atoms with van der Waals surface area (Å²) in [4.78, 5) is 17.4. The molecule has 0 aliphatic heterocycles. The van der Waals surface area contributed by atoms with Crippen LogP contribution in [0.15, 0.2) is 43.1 Å². The van der Waals surface area contributed by atoms with Gasteiger partial charge in [-0.25, -0.2) is 19.6 Å². The monoisotopic (exact) mass is 388 g/mol. The van der Waals surface area contributed by atoms with E-state index in [9.17, 15) is 0 Å². The largest absolute Gasteiger partial charge is 0.395 e. The number of aryl methyl sites for hydroxylation is 1. The highest BCUT2D eigenvalue weighted by Gasteiger charge is 2.18. The Balaban J connectivity index is 1.49. The predicted octanol–water partition coefficient (Wildman–Crippen LogP) is 2.24. The van der Waals surface area contributed by atoms with Crippen molar-refractivity contribution in [1.29, 1.82) is 0 Å². The highest BCUT2D eigenvalue weighted by molar-refractivity contribution is 5.82. The molecule has 146 valence electrons. The van der Waals surface area contributed by atoms with Gasteiger partial charge in [-0.1, -0.05) is 0 Å². The third-order valence-corrected chi connectivity index (χ3v) is 4.98. The van der Waals surface area contributed by atoms with Crippen LogP contribution in [0, 0.1) is 0 Å². The topological polar surface area (TPSA) is 114 Å². The number of nitrogens with zero attached hydrogens (tertiary/aromatic N) is 6. The third-order valence-electron chi connectivity index (χ3n) is 4.98. The normalized spacial score (nSPS) is 12.9. The van der Waals surface area contributed by atoms with Crippen molar-refractivity contribution in [2.45, 2.75) is 19.3 Å². The zero-order chi connectivity index (χ0) is 19.6. The number of rotatable bonds is 6. The maximum Gasteiger partial charge on any atom is 0.137 e. The minimum atomic E-state index is 0.0354. The van der Waals surface area contributed by atoms with Crippen LogP contribution in [0.4, 0.5) is 17.5 Å². The summed E-state index contributed by atoms with van der Waals surface area (Å²) in [6, 6.07) is 5.76. The number of pyridine rings is 2. The standard InChI is InChI=1S/C20H20N8O/c29-7-6-22-18-9-20(25-12-24-18)27-19-8-17-13(10-23-19)11-26-28(17)16-4-5-21-15-3-1-2-14(15)16/h4-5,8-12,29H,1-3,6-7H2,(H2,22,23,24,25,27). The molecule has 3 N–H and O–H groups in total. The number of anilines is 3. The molecule has 1 aliphatic rings. The van der Waals surface area contributed by atoms with E-state index in [0.29, 0.717) is 24.0 Å². The molecule has 4 heterocycles. The minimum Gasteiger partial charge on any atom is -0.395 e. The van der Waals surface area contributed by atoms with Gasteiger partial charge in [0.25, 0.3) is 0 Å². The van der Waals surface area contributed by atoms with Crippen LogP contribution in [0.5, 0.6) is 0 Å². The van der Waals surface area contributed by atoms with Gasteiger partial charge >= 0.3 is 0 Å². The molecule has 4 aromatic rings. The summed E-state index contributed by atoms with van der Waals surface area (Å²) < 4.78 is 1.96. The van der Waals surface area contributed by atoms with Crippen LogP contribution >= 0.6 is 0 Å². The van der Waals surface area contributed by atoms with E-state index in [1.807, 2.05) is 29.2 Å². The molecule has 0 spiro atoms. The summed E-state index contributed by atoms with van der Waals surface area (Å²) in [5.41, 5.74) is 4.49. The maximum absolute atomic E-state index is 8.95. The van der Waals surface area contributed by atoms with Crippen molar-refractivity contribution in [2.24, 2.45) is 0 Å². The molecule has 0 bridgehead atoms. The third kappa shape index (κ3) is 3.36. The molecule has 0 amide bonds. The van der Waals surface area contributed by atoms with E-state index >= 15 is 0 Å². The average Bonchev–Trinajstić information content (AvgIpc) is 3.39. The Labute approximate surface area is 166 Å². The summed E-state index contributed by atoms with van der Waals surface area (Å²) in [5, 5.41) is 20.7. The SMILES string of the molecule is OCCNc1cc(Nc2cc3c(cn2)cnn3-c2ccnc3c2CCC3)ncn1. The summed E-state index contributed by atoms with van der Waals surface area (Å²) in [7, 11) is 0. The lowest BCUT2D eigenvalue weighted by atomic mass is 10.2. The van der Waals surface area contributed by atoms with Gasteiger partial charge < -0.3 is 15.7 Å². The van der Waals surface area contributed by atoms with E-state index in [2.05, 4.69) is 35.7 Å². The van der Waals surface area contributed by atoms with E-state index in [0.717, 1.165) is 35.9 Å². The van der Waals surface area contributed by atoms with Crippen molar-refractivity contribution in [3.05, 3.63) is 54.4 Å². The lowest BCUT2D eigenvalue weighted by Crippen LogP contribution is -2.07. The zero-order valence-corrected chi connectivity index (χ0v) is 15.7. The molecule has 29 heavy (non-hydrogen) atoms. The summed E-state index contributed by atoms with van der Waals surface area (Å²) in [6.07, 6.45) is 10.1. The van der Waals surface area contributed by atoms with E-state index in [4.69, 9.17) is 5.11 Å². The number of hydrogen-bond donors (Lipinski definition) is 3.